The van der Waals surface area contributed by atoms with E-state index in [1.54, 1.807) is 31.3 Å². The van der Waals surface area contributed by atoms with E-state index in [0.717, 1.165) is 11.3 Å². The van der Waals surface area contributed by atoms with Crippen molar-refractivity contribution in [3.63, 3.8) is 0 Å². The Morgan fingerprint density at radius 3 is 2.48 bits per heavy atom. The van der Waals surface area contributed by atoms with Crippen LogP contribution in [0.1, 0.15) is 10.4 Å². The molecule has 0 atom stereocenters. The van der Waals surface area contributed by atoms with E-state index in [9.17, 15) is 18.0 Å². The molecule has 0 fully saturated rings. The van der Waals surface area contributed by atoms with Crippen LogP contribution >= 0.6 is 34.5 Å². The van der Waals surface area contributed by atoms with Crippen LogP contribution in [-0.2, 0) is 10.0 Å². The fourth-order valence-electron chi connectivity index (χ4n) is 3.06. The van der Waals surface area contributed by atoms with Crippen LogP contribution in [0.25, 0.3) is 0 Å². The highest BCUT2D eigenvalue weighted by atomic mass is 35.5. The van der Waals surface area contributed by atoms with Gasteiger partial charge in [0.1, 0.15) is 9.96 Å². The molecule has 9 nitrogen and oxygen atoms in total. The number of sulfonamides is 1. The number of halogens is 2. The van der Waals surface area contributed by atoms with Crippen molar-refractivity contribution in [1.82, 2.24) is 4.72 Å². The number of nitrogens with zero attached hydrogens (tertiary/aromatic N) is 1. The highest BCUT2D eigenvalue weighted by Crippen LogP contribution is 2.35. The van der Waals surface area contributed by atoms with Crippen LogP contribution in [-0.4, -0.2) is 34.1 Å². The third-order valence-corrected chi connectivity index (χ3v) is 8.01. The van der Waals surface area contributed by atoms with Gasteiger partial charge in [-0.2, -0.15) is 0 Å². The predicted molar refractivity (Wildman–Crippen MR) is 128 cm³/mol. The molecule has 3 aromatic rings. The summed E-state index contributed by atoms with van der Waals surface area (Å²) >= 11 is 12.8. The Bertz CT molecular complexity index is 1340. The van der Waals surface area contributed by atoms with Gasteiger partial charge in [-0.1, -0.05) is 23.2 Å². The number of anilines is 3. The molecule has 0 unspecified atom stereocenters. The zero-order valence-electron chi connectivity index (χ0n) is 16.9. The number of carbonyl (C=O) groups excluding carboxylic acids is 2. The maximum absolute atomic E-state index is 12.9. The van der Waals surface area contributed by atoms with Crippen molar-refractivity contribution in [2.75, 3.05) is 29.3 Å². The van der Waals surface area contributed by atoms with Gasteiger partial charge in [-0.15, -0.1) is 11.3 Å². The number of fused-ring (bicyclic) bond motifs is 1. The lowest BCUT2D eigenvalue weighted by Crippen LogP contribution is -2.38. The minimum Gasteiger partial charge on any atom is -0.472 e. The quantitative estimate of drug-likeness (QED) is 0.447. The third kappa shape index (κ3) is 4.86. The van der Waals surface area contributed by atoms with Gasteiger partial charge in [0.25, 0.3) is 15.9 Å². The van der Waals surface area contributed by atoms with E-state index in [0.29, 0.717) is 33.4 Å². The Hall–Kier alpha value is -2.99. The zero-order chi connectivity index (χ0) is 23.8. The fraction of sp³-hybridized carbons (Fsp3) is 0.100. The van der Waals surface area contributed by atoms with Crippen LogP contribution in [0, 0.1) is 0 Å². The van der Waals surface area contributed by atoms with E-state index in [2.05, 4.69) is 10.6 Å². The van der Waals surface area contributed by atoms with Gasteiger partial charge in [0.05, 0.1) is 20.6 Å². The lowest BCUT2D eigenvalue weighted by Gasteiger charge is -2.29. The predicted octanol–water partition coefficient (Wildman–Crippen LogP) is 4.60. The van der Waals surface area contributed by atoms with Gasteiger partial charge in [-0.05, 0) is 42.5 Å². The first-order valence-electron chi connectivity index (χ1n) is 9.33. The Morgan fingerprint density at radius 1 is 1.12 bits per heavy atom. The molecule has 0 saturated carbocycles. The number of thiophene rings is 1. The summed E-state index contributed by atoms with van der Waals surface area (Å²) in [6.07, 6.45) is 0. The molecule has 0 spiro atoms. The summed E-state index contributed by atoms with van der Waals surface area (Å²) in [5, 5.41) is 5.75. The third-order valence-electron chi connectivity index (χ3n) is 4.64. The summed E-state index contributed by atoms with van der Waals surface area (Å²) in [5.41, 5.74) is 1.81. The Morgan fingerprint density at radius 2 is 1.85 bits per heavy atom. The average molecular weight is 527 g/mol. The number of hydrogen-bond acceptors (Lipinski definition) is 7. The van der Waals surface area contributed by atoms with E-state index in [1.165, 1.54) is 29.2 Å². The van der Waals surface area contributed by atoms with Crippen LogP contribution in [0.4, 0.5) is 21.9 Å². The number of urea groups is 1. The Balaban J connectivity index is 1.45. The molecule has 1 aliphatic rings. The Labute approximate surface area is 203 Å². The van der Waals surface area contributed by atoms with E-state index in [1.807, 2.05) is 4.72 Å². The number of hydrogen-bond donors (Lipinski definition) is 3. The standard InChI is InChI=1S/C20H16Cl2N4O5S2/c1-23-15-9-16-13(8-14(15)21)19(27)26(10-31-16)12-4-2-11(3-5-12)24-20(28)25-33(29,30)18-7-6-17(22)32-18/h2-9,23H,10H2,1H3,(H2,24,25,28). The van der Waals surface area contributed by atoms with Gasteiger partial charge in [0.15, 0.2) is 6.73 Å². The number of ether oxygens (including phenoxy) is 1. The first-order valence-corrected chi connectivity index (χ1v) is 12.4. The van der Waals surface area contributed by atoms with Crippen LogP contribution < -0.4 is 25.0 Å². The normalized spacial score (nSPS) is 13.2. The minimum atomic E-state index is -4.04. The SMILES string of the molecule is CNc1cc2c(cc1Cl)C(=O)N(c1ccc(NC(=O)NS(=O)(=O)c3ccc(Cl)s3)cc1)CO2. The molecule has 3 amide bonds. The number of amides is 3. The molecule has 1 aliphatic heterocycles. The molecule has 0 bridgehead atoms. The second-order valence-electron chi connectivity index (χ2n) is 6.75. The number of carbonyl (C=O) groups is 2. The maximum Gasteiger partial charge on any atom is 0.333 e. The lowest BCUT2D eigenvalue weighted by molar-refractivity contribution is 0.0937. The van der Waals surface area contributed by atoms with Crippen LogP contribution in [0.15, 0.2) is 52.7 Å². The maximum atomic E-state index is 12.9. The minimum absolute atomic E-state index is 0.00843. The smallest absolute Gasteiger partial charge is 0.333 e. The largest absolute Gasteiger partial charge is 0.472 e. The average Bonchev–Trinajstić information content (AvgIpc) is 3.22. The summed E-state index contributed by atoms with van der Waals surface area (Å²) in [5.74, 6) is 0.133. The monoisotopic (exact) mass is 526 g/mol. The summed E-state index contributed by atoms with van der Waals surface area (Å²) < 4.78 is 32.3. The molecular weight excluding hydrogens is 511 g/mol. The number of rotatable bonds is 5. The molecule has 2 aromatic carbocycles. The zero-order valence-corrected chi connectivity index (χ0v) is 20.0. The van der Waals surface area contributed by atoms with E-state index in [4.69, 9.17) is 27.9 Å². The molecule has 3 N–H and O–H groups in total. The molecule has 13 heteroatoms. The van der Waals surface area contributed by atoms with Gasteiger partial charge in [0, 0.05) is 24.5 Å². The van der Waals surface area contributed by atoms with Gasteiger partial charge >= 0.3 is 6.03 Å². The first kappa shape index (κ1) is 23.2. The topological polar surface area (TPSA) is 117 Å². The molecule has 0 aliphatic carbocycles. The highest BCUT2D eigenvalue weighted by Gasteiger charge is 2.28. The van der Waals surface area contributed by atoms with Crippen molar-refractivity contribution in [2.45, 2.75) is 4.21 Å². The van der Waals surface area contributed by atoms with Crippen molar-refractivity contribution >= 4 is 73.6 Å². The molecule has 0 radical (unpaired) electrons. The van der Waals surface area contributed by atoms with Gasteiger partial charge in [0.2, 0.25) is 0 Å². The van der Waals surface area contributed by atoms with E-state index >= 15 is 0 Å². The second kappa shape index (κ2) is 9.10. The lowest BCUT2D eigenvalue weighted by atomic mass is 10.1. The van der Waals surface area contributed by atoms with Crippen molar-refractivity contribution in [3.8, 4) is 5.75 Å². The van der Waals surface area contributed by atoms with Crippen molar-refractivity contribution in [3.05, 3.63) is 63.5 Å². The fourth-order valence-corrected chi connectivity index (χ4v) is 5.71. The molecule has 4 rings (SSSR count). The summed E-state index contributed by atoms with van der Waals surface area (Å²) in [6, 6.07) is 11.3. The summed E-state index contributed by atoms with van der Waals surface area (Å²) in [6.45, 7) is -0.00843. The van der Waals surface area contributed by atoms with Crippen molar-refractivity contribution in [1.29, 1.82) is 0 Å². The molecule has 1 aromatic heterocycles. The molecule has 33 heavy (non-hydrogen) atoms. The second-order valence-corrected chi connectivity index (χ2v) is 10.8. The molecule has 172 valence electrons. The molecule has 2 heterocycles. The first-order chi connectivity index (χ1) is 15.7. The van der Waals surface area contributed by atoms with Crippen LogP contribution in [0.3, 0.4) is 0 Å². The highest BCUT2D eigenvalue weighted by molar-refractivity contribution is 7.92. The van der Waals surface area contributed by atoms with Gasteiger partial charge in [-0.3, -0.25) is 9.69 Å². The number of nitrogens with one attached hydrogen (secondary N) is 3. The van der Waals surface area contributed by atoms with E-state index in [-0.39, 0.29) is 21.2 Å². The van der Waals surface area contributed by atoms with Crippen LogP contribution in [0.5, 0.6) is 5.75 Å². The summed E-state index contributed by atoms with van der Waals surface area (Å²) in [7, 11) is -2.33. The van der Waals surface area contributed by atoms with Gasteiger partial charge < -0.3 is 15.4 Å². The Kier molecular flexibility index (Phi) is 6.39. The van der Waals surface area contributed by atoms with Crippen LogP contribution in [0.2, 0.25) is 9.36 Å². The van der Waals surface area contributed by atoms with E-state index < -0.39 is 16.1 Å². The number of benzene rings is 2. The molecule has 0 saturated heterocycles. The van der Waals surface area contributed by atoms with Crippen molar-refractivity contribution in [2.24, 2.45) is 0 Å². The van der Waals surface area contributed by atoms with Crippen molar-refractivity contribution < 1.29 is 22.7 Å². The van der Waals surface area contributed by atoms with Gasteiger partial charge in [-0.25, -0.2) is 17.9 Å². The summed E-state index contributed by atoms with van der Waals surface area (Å²) in [4.78, 5) is 26.5. The molecular formula is C20H16Cl2N4O5S2.